The lowest BCUT2D eigenvalue weighted by atomic mass is 10.1. The summed E-state index contributed by atoms with van der Waals surface area (Å²) in [6.07, 6.45) is 1.94. The minimum Gasteiger partial charge on any atom is -0.548 e. The minimum atomic E-state index is -1.46. The molecular weight excluding hydrogens is 200 g/mol. The maximum Gasteiger partial charge on any atom is 0.241 e. The largest absolute Gasteiger partial charge is 0.548 e. The van der Waals surface area contributed by atoms with E-state index >= 15 is 0 Å². The fraction of sp³-hybridized carbons (Fsp3) is 0.385. The molecule has 0 N–H and O–H groups in total. The summed E-state index contributed by atoms with van der Waals surface area (Å²) in [6, 6.07) is 10.5. The lowest BCUT2D eigenvalue weighted by Gasteiger charge is -2.20. The Morgan fingerprint density at radius 2 is 1.80 bits per heavy atom. The molecule has 1 rings (SSSR count). The lowest BCUT2D eigenvalue weighted by Crippen LogP contribution is -2.24. The van der Waals surface area contributed by atoms with Gasteiger partial charge in [0.15, 0.2) is 0 Å². The van der Waals surface area contributed by atoms with E-state index in [0.29, 0.717) is 0 Å². The second-order valence-electron chi connectivity index (χ2n) is 4.74. The van der Waals surface area contributed by atoms with Gasteiger partial charge in [-0.25, -0.2) is 0 Å². The average molecular weight is 220 g/mol. The van der Waals surface area contributed by atoms with Crippen molar-refractivity contribution < 1.29 is 4.43 Å². The second kappa shape index (κ2) is 5.17. The summed E-state index contributed by atoms with van der Waals surface area (Å²) in [5.41, 5.74) is 1.35. The summed E-state index contributed by atoms with van der Waals surface area (Å²) in [5.74, 6) is 0.929. The van der Waals surface area contributed by atoms with Crippen LogP contribution in [-0.2, 0) is 10.8 Å². The first-order chi connectivity index (χ1) is 6.97. The van der Waals surface area contributed by atoms with Crippen molar-refractivity contribution in [1.29, 1.82) is 0 Å². The molecular formula is C13H20OSi. The molecule has 0 aliphatic heterocycles. The number of benzene rings is 1. The first-order valence-electron chi connectivity index (χ1n) is 5.38. The van der Waals surface area contributed by atoms with E-state index in [-0.39, 0.29) is 0 Å². The van der Waals surface area contributed by atoms with Crippen LogP contribution in [0.3, 0.4) is 0 Å². The van der Waals surface area contributed by atoms with Gasteiger partial charge in [0.1, 0.15) is 0 Å². The van der Waals surface area contributed by atoms with E-state index < -0.39 is 8.32 Å². The molecule has 2 heteroatoms. The maximum atomic E-state index is 5.80. The highest BCUT2D eigenvalue weighted by Crippen LogP contribution is 2.14. The molecule has 1 aromatic rings. The van der Waals surface area contributed by atoms with Gasteiger partial charge in [0.05, 0.1) is 5.76 Å². The van der Waals surface area contributed by atoms with Gasteiger partial charge in [-0.05, 0) is 31.6 Å². The van der Waals surface area contributed by atoms with Gasteiger partial charge >= 0.3 is 0 Å². The third kappa shape index (κ3) is 5.43. The van der Waals surface area contributed by atoms with Crippen molar-refractivity contribution >= 4 is 8.32 Å². The number of aryl methyl sites for hydroxylation is 1. The van der Waals surface area contributed by atoms with E-state index in [4.69, 9.17) is 4.43 Å². The molecule has 0 spiro atoms. The molecule has 0 aliphatic rings. The van der Waals surface area contributed by atoms with Gasteiger partial charge in [-0.3, -0.25) is 0 Å². The van der Waals surface area contributed by atoms with Crippen LogP contribution in [0, 0.1) is 0 Å². The number of hydrogen-bond donors (Lipinski definition) is 0. The van der Waals surface area contributed by atoms with E-state index in [9.17, 15) is 0 Å². The summed E-state index contributed by atoms with van der Waals surface area (Å²) in [7, 11) is -1.46. The second-order valence-corrected chi connectivity index (χ2v) is 9.17. The SMILES string of the molecule is C=C(CCc1ccccc1)O[Si](C)(C)C. The molecule has 0 saturated heterocycles. The molecule has 0 atom stereocenters. The van der Waals surface area contributed by atoms with Crippen LogP contribution in [0.25, 0.3) is 0 Å². The zero-order chi connectivity index (χ0) is 11.3. The van der Waals surface area contributed by atoms with Crippen molar-refractivity contribution in [3.8, 4) is 0 Å². The molecule has 0 unspecified atom stereocenters. The highest BCUT2D eigenvalue weighted by Gasteiger charge is 2.16. The normalized spacial score (nSPS) is 11.1. The highest BCUT2D eigenvalue weighted by molar-refractivity contribution is 6.70. The topological polar surface area (TPSA) is 9.23 Å². The Kier molecular flexibility index (Phi) is 4.15. The van der Waals surface area contributed by atoms with Crippen molar-refractivity contribution in [2.45, 2.75) is 32.5 Å². The summed E-state index contributed by atoms with van der Waals surface area (Å²) < 4.78 is 5.80. The Morgan fingerprint density at radius 3 is 2.33 bits per heavy atom. The van der Waals surface area contributed by atoms with Gasteiger partial charge < -0.3 is 4.43 Å². The fourth-order valence-corrected chi connectivity index (χ4v) is 2.38. The van der Waals surface area contributed by atoms with Crippen LogP contribution in [0.1, 0.15) is 12.0 Å². The van der Waals surface area contributed by atoms with E-state index in [1.165, 1.54) is 5.56 Å². The molecule has 0 fully saturated rings. The van der Waals surface area contributed by atoms with Gasteiger partial charge in [-0.15, -0.1) is 0 Å². The molecule has 0 saturated carbocycles. The smallest absolute Gasteiger partial charge is 0.241 e. The molecule has 0 heterocycles. The molecule has 0 bridgehead atoms. The monoisotopic (exact) mass is 220 g/mol. The quantitative estimate of drug-likeness (QED) is 0.538. The molecule has 0 aromatic heterocycles. The Bertz CT molecular complexity index is 311. The molecule has 0 aliphatic carbocycles. The van der Waals surface area contributed by atoms with Crippen molar-refractivity contribution in [3.05, 3.63) is 48.2 Å². The van der Waals surface area contributed by atoms with Crippen LogP contribution in [-0.4, -0.2) is 8.32 Å². The third-order valence-corrected chi connectivity index (χ3v) is 2.89. The summed E-state index contributed by atoms with van der Waals surface area (Å²) >= 11 is 0. The Morgan fingerprint density at radius 1 is 1.20 bits per heavy atom. The minimum absolute atomic E-state index is 0.925. The van der Waals surface area contributed by atoms with Crippen LogP contribution in [0.2, 0.25) is 19.6 Å². The van der Waals surface area contributed by atoms with Gasteiger partial charge in [0.2, 0.25) is 8.32 Å². The molecule has 82 valence electrons. The van der Waals surface area contributed by atoms with Crippen molar-refractivity contribution in [2.75, 3.05) is 0 Å². The predicted molar refractivity (Wildman–Crippen MR) is 68.3 cm³/mol. The van der Waals surface area contributed by atoms with Gasteiger partial charge in [-0.1, -0.05) is 36.9 Å². The fourth-order valence-electron chi connectivity index (χ4n) is 1.41. The van der Waals surface area contributed by atoms with Crippen molar-refractivity contribution in [3.63, 3.8) is 0 Å². The predicted octanol–water partition coefficient (Wildman–Crippen LogP) is 3.98. The maximum absolute atomic E-state index is 5.80. The van der Waals surface area contributed by atoms with Crippen molar-refractivity contribution in [1.82, 2.24) is 0 Å². The average Bonchev–Trinajstić information content (AvgIpc) is 2.14. The standard InChI is InChI=1S/C13H20OSi/c1-12(14-15(2,3)4)10-11-13-8-6-5-7-9-13/h5-9H,1,10-11H2,2-4H3. The summed E-state index contributed by atoms with van der Waals surface area (Å²) in [6.45, 7) is 10.5. The van der Waals surface area contributed by atoms with Crippen LogP contribution in [0.15, 0.2) is 42.7 Å². The highest BCUT2D eigenvalue weighted by atomic mass is 28.4. The third-order valence-electron chi connectivity index (χ3n) is 1.99. The zero-order valence-electron chi connectivity index (χ0n) is 9.92. The summed E-state index contributed by atoms with van der Waals surface area (Å²) in [5, 5.41) is 0. The molecule has 0 amide bonds. The van der Waals surface area contributed by atoms with Crippen molar-refractivity contribution in [2.24, 2.45) is 0 Å². The van der Waals surface area contributed by atoms with Gasteiger partial charge in [0.25, 0.3) is 0 Å². The molecule has 1 nitrogen and oxygen atoms in total. The van der Waals surface area contributed by atoms with Crippen LogP contribution in [0.5, 0.6) is 0 Å². The van der Waals surface area contributed by atoms with E-state index in [0.717, 1.165) is 18.6 Å². The zero-order valence-corrected chi connectivity index (χ0v) is 10.9. The number of hydrogen-bond acceptors (Lipinski definition) is 1. The Balaban J connectivity index is 2.35. The van der Waals surface area contributed by atoms with Crippen LogP contribution < -0.4 is 0 Å². The van der Waals surface area contributed by atoms with Crippen LogP contribution in [0.4, 0.5) is 0 Å². The van der Waals surface area contributed by atoms with E-state index in [1.54, 1.807) is 0 Å². The van der Waals surface area contributed by atoms with E-state index in [1.807, 2.05) is 6.07 Å². The first-order valence-corrected chi connectivity index (χ1v) is 8.79. The van der Waals surface area contributed by atoms with Crippen LogP contribution >= 0.6 is 0 Å². The van der Waals surface area contributed by atoms with Gasteiger partial charge in [0, 0.05) is 6.42 Å². The molecule has 1 aromatic carbocycles. The van der Waals surface area contributed by atoms with Gasteiger partial charge in [-0.2, -0.15) is 0 Å². The van der Waals surface area contributed by atoms with E-state index in [2.05, 4.69) is 50.5 Å². The number of rotatable bonds is 5. The number of allylic oxidation sites excluding steroid dienone is 1. The first kappa shape index (κ1) is 12.0. The molecule has 15 heavy (non-hydrogen) atoms. The Labute approximate surface area is 93.9 Å². The summed E-state index contributed by atoms with van der Waals surface area (Å²) in [4.78, 5) is 0. The molecule has 0 radical (unpaired) electrons. The Hall–Kier alpha value is -1.02. The lowest BCUT2D eigenvalue weighted by molar-refractivity contribution is 0.402.